The van der Waals surface area contributed by atoms with Crippen molar-refractivity contribution in [2.75, 3.05) is 0 Å². The molecule has 0 radical (unpaired) electrons. The van der Waals surface area contributed by atoms with Gasteiger partial charge >= 0.3 is 5.97 Å². The zero-order valence-electron chi connectivity index (χ0n) is 12.5. The normalized spacial score (nSPS) is 14.4. The molecule has 0 bridgehead atoms. The first-order valence-corrected chi connectivity index (χ1v) is 6.85. The van der Waals surface area contributed by atoms with Crippen molar-refractivity contribution in [2.24, 2.45) is 5.41 Å². The fraction of sp³-hybridized carbons (Fsp3) is 0.500. The van der Waals surface area contributed by atoms with Crippen LogP contribution in [0.25, 0.3) is 0 Å². The number of carbonyl (C=O) groups excluding carboxylic acids is 1. The minimum absolute atomic E-state index is 0.235. The highest BCUT2D eigenvalue weighted by atomic mass is 16.4. The van der Waals surface area contributed by atoms with Crippen LogP contribution in [0.15, 0.2) is 30.3 Å². The van der Waals surface area contributed by atoms with Crippen molar-refractivity contribution in [1.82, 2.24) is 5.32 Å². The lowest BCUT2D eigenvalue weighted by atomic mass is 9.86. The Balaban J connectivity index is 2.90. The molecule has 4 nitrogen and oxygen atoms in total. The van der Waals surface area contributed by atoms with Crippen molar-refractivity contribution in [2.45, 2.75) is 46.1 Å². The maximum atomic E-state index is 12.4. The molecule has 1 rings (SSSR count). The fourth-order valence-electron chi connectivity index (χ4n) is 2.15. The van der Waals surface area contributed by atoms with Gasteiger partial charge in [0.25, 0.3) is 0 Å². The molecule has 20 heavy (non-hydrogen) atoms. The van der Waals surface area contributed by atoms with Gasteiger partial charge < -0.3 is 10.4 Å². The predicted octanol–water partition coefficient (Wildman–Crippen LogP) is 2.80. The van der Waals surface area contributed by atoms with Crippen molar-refractivity contribution in [1.29, 1.82) is 0 Å². The predicted molar refractivity (Wildman–Crippen MR) is 78.5 cm³/mol. The van der Waals surface area contributed by atoms with E-state index >= 15 is 0 Å². The van der Waals surface area contributed by atoms with Crippen LogP contribution in [0.3, 0.4) is 0 Å². The van der Waals surface area contributed by atoms with Gasteiger partial charge in [-0.2, -0.15) is 0 Å². The van der Waals surface area contributed by atoms with Gasteiger partial charge in [-0.25, -0.2) is 4.79 Å². The van der Waals surface area contributed by atoms with E-state index in [2.05, 4.69) is 5.32 Å². The van der Waals surface area contributed by atoms with Crippen LogP contribution < -0.4 is 5.32 Å². The van der Waals surface area contributed by atoms with Crippen molar-refractivity contribution in [3.63, 3.8) is 0 Å². The summed E-state index contributed by atoms with van der Waals surface area (Å²) in [6.07, 6.45) is 0.631. The molecule has 0 saturated heterocycles. The van der Waals surface area contributed by atoms with Crippen molar-refractivity contribution in [3.8, 4) is 0 Å². The lowest BCUT2D eigenvalue weighted by Gasteiger charge is -2.29. The number of benzene rings is 1. The van der Waals surface area contributed by atoms with Crippen molar-refractivity contribution in [3.05, 3.63) is 35.9 Å². The van der Waals surface area contributed by atoms with Gasteiger partial charge in [-0.1, -0.05) is 58.0 Å². The molecule has 0 aliphatic heterocycles. The number of nitrogens with one attached hydrogen (secondary N) is 1. The fourth-order valence-corrected chi connectivity index (χ4v) is 2.15. The Labute approximate surface area is 120 Å². The van der Waals surface area contributed by atoms with Crippen LogP contribution in [-0.2, 0) is 9.59 Å². The Bertz CT molecular complexity index is 462. The molecule has 0 aliphatic carbocycles. The van der Waals surface area contributed by atoms with Gasteiger partial charge in [0.2, 0.25) is 5.91 Å². The lowest BCUT2D eigenvalue weighted by Crippen LogP contribution is -2.50. The van der Waals surface area contributed by atoms with Crippen LogP contribution >= 0.6 is 0 Å². The van der Waals surface area contributed by atoms with Crippen LogP contribution in [-0.4, -0.2) is 23.0 Å². The molecule has 0 heterocycles. The number of aliphatic carboxylic acids is 1. The van der Waals surface area contributed by atoms with Crippen LogP contribution in [0.5, 0.6) is 0 Å². The van der Waals surface area contributed by atoms with E-state index < -0.39 is 17.4 Å². The Morgan fingerprint density at radius 3 is 2.15 bits per heavy atom. The summed E-state index contributed by atoms with van der Waals surface area (Å²) in [6.45, 7) is 7.32. The van der Waals surface area contributed by atoms with Gasteiger partial charge in [0.05, 0.1) is 5.92 Å². The molecular formula is C16H23NO3. The molecule has 2 N–H and O–H groups in total. The first-order chi connectivity index (χ1) is 9.27. The summed E-state index contributed by atoms with van der Waals surface area (Å²) in [7, 11) is 0. The van der Waals surface area contributed by atoms with E-state index in [1.54, 1.807) is 20.8 Å². The topological polar surface area (TPSA) is 66.4 Å². The quantitative estimate of drug-likeness (QED) is 0.869. The number of amides is 1. The van der Waals surface area contributed by atoms with Crippen LogP contribution in [0, 0.1) is 5.41 Å². The third kappa shape index (κ3) is 4.08. The molecule has 0 spiro atoms. The molecule has 1 amide bonds. The van der Waals surface area contributed by atoms with Gasteiger partial charge in [-0.3, -0.25) is 4.79 Å². The molecule has 2 atom stereocenters. The summed E-state index contributed by atoms with van der Waals surface area (Å²) in [4.78, 5) is 23.7. The molecule has 0 aliphatic rings. The number of hydrogen-bond donors (Lipinski definition) is 2. The van der Waals surface area contributed by atoms with Gasteiger partial charge in [0.1, 0.15) is 6.04 Å². The molecule has 0 aromatic heterocycles. The summed E-state index contributed by atoms with van der Waals surface area (Å²) in [5.41, 5.74) is 0.377. The Morgan fingerprint density at radius 1 is 1.20 bits per heavy atom. The zero-order chi connectivity index (χ0) is 15.3. The molecule has 0 fully saturated rings. The van der Waals surface area contributed by atoms with Crippen molar-refractivity contribution < 1.29 is 14.7 Å². The highest BCUT2D eigenvalue weighted by Crippen LogP contribution is 2.23. The number of rotatable bonds is 5. The standard InChI is InChI=1S/C16H23NO3/c1-5-12(11-9-7-6-8-10-11)14(18)17-13(15(19)20)16(2,3)4/h6-10,12-13H,5H2,1-4H3,(H,17,18)(H,19,20)/t12?,13-/m0/s1. The second-order valence-corrected chi connectivity index (χ2v) is 6.02. The van der Waals surface area contributed by atoms with Crippen LogP contribution in [0.4, 0.5) is 0 Å². The van der Waals surface area contributed by atoms with E-state index in [1.165, 1.54) is 0 Å². The van der Waals surface area contributed by atoms with E-state index in [1.807, 2.05) is 37.3 Å². The monoisotopic (exact) mass is 277 g/mol. The third-order valence-electron chi connectivity index (χ3n) is 3.33. The zero-order valence-corrected chi connectivity index (χ0v) is 12.5. The summed E-state index contributed by atoms with van der Waals surface area (Å²) >= 11 is 0. The van der Waals surface area contributed by atoms with Gasteiger partial charge in [0.15, 0.2) is 0 Å². The van der Waals surface area contributed by atoms with Gasteiger partial charge in [-0.15, -0.1) is 0 Å². The maximum Gasteiger partial charge on any atom is 0.326 e. The highest BCUT2D eigenvalue weighted by molar-refractivity contribution is 5.88. The highest BCUT2D eigenvalue weighted by Gasteiger charge is 2.34. The molecule has 1 aromatic carbocycles. The molecule has 110 valence electrons. The Hall–Kier alpha value is -1.84. The number of carbonyl (C=O) groups is 2. The van der Waals surface area contributed by atoms with E-state index in [0.29, 0.717) is 6.42 Å². The first-order valence-electron chi connectivity index (χ1n) is 6.85. The maximum absolute atomic E-state index is 12.4. The third-order valence-corrected chi connectivity index (χ3v) is 3.33. The minimum Gasteiger partial charge on any atom is -0.480 e. The Morgan fingerprint density at radius 2 is 1.75 bits per heavy atom. The second kappa shape index (κ2) is 6.55. The molecular weight excluding hydrogens is 254 g/mol. The van der Waals surface area contributed by atoms with Gasteiger partial charge in [0, 0.05) is 0 Å². The largest absolute Gasteiger partial charge is 0.480 e. The summed E-state index contributed by atoms with van der Waals surface area (Å²) in [5.74, 6) is -1.56. The number of hydrogen-bond acceptors (Lipinski definition) is 2. The Kier molecular flexibility index (Phi) is 5.31. The average Bonchev–Trinajstić information content (AvgIpc) is 2.36. The van der Waals surface area contributed by atoms with Crippen LogP contribution in [0.2, 0.25) is 0 Å². The van der Waals surface area contributed by atoms with E-state index in [4.69, 9.17) is 0 Å². The number of carboxylic acid groups (broad SMARTS) is 1. The second-order valence-electron chi connectivity index (χ2n) is 6.02. The molecule has 4 heteroatoms. The lowest BCUT2D eigenvalue weighted by molar-refractivity contribution is -0.145. The molecule has 1 unspecified atom stereocenters. The smallest absolute Gasteiger partial charge is 0.326 e. The van der Waals surface area contributed by atoms with E-state index in [-0.39, 0.29) is 11.8 Å². The van der Waals surface area contributed by atoms with Crippen LogP contribution in [0.1, 0.15) is 45.6 Å². The minimum atomic E-state index is -1.01. The first kappa shape index (κ1) is 16.2. The van der Waals surface area contributed by atoms with Crippen molar-refractivity contribution >= 4 is 11.9 Å². The molecule has 0 saturated carbocycles. The van der Waals surface area contributed by atoms with E-state index in [9.17, 15) is 14.7 Å². The molecule has 1 aromatic rings. The van der Waals surface area contributed by atoms with E-state index in [0.717, 1.165) is 5.56 Å². The summed E-state index contributed by atoms with van der Waals surface area (Å²) < 4.78 is 0. The summed E-state index contributed by atoms with van der Waals surface area (Å²) in [6, 6.07) is 8.53. The number of carboxylic acids is 1. The average molecular weight is 277 g/mol. The SMILES string of the molecule is CCC(C(=O)N[C@@H](C(=O)O)C(C)(C)C)c1ccccc1. The summed E-state index contributed by atoms with van der Waals surface area (Å²) in [5, 5.41) is 11.9. The van der Waals surface area contributed by atoms with Gasteiger partial charge in [-0.05, 0) is 17.4 Å².